The van der Waals surface area contributed by atoms with E-state index in [1.807, 2.05) is 48.4 Å². The Bertz CT molecular complexity index is 1080. The molecule has 5 rings (SSSR count). The first-order valence-corrected chi connectivity index (χ1v) is 10.8. The first kappa shape index (κ1) is 20.5. The SMILES string of the molecule is COc1nn(-c2nc(N3CCOCC3)c3c(n2)N(CCO)C(C)N3)cc1-c1ccccc1. The zero-order valence-electron chi connectivity index (χ0n) is 18.2. The maximum atomic E-state index is 9.60. The van der Waals surface area contributed by atoms with Gasteiger partial charge in [0.1, 0.15) is 5.69 Å². The second kappa shape index (κ2) is 8.64. The molecule has 1 atom stereocenters. The molecule has 1 unspecified atom stereocenters. The molecule has 32 heavy (non-hydrogen) atoms. The quantitative estimate of drug-likeness (QED) is 0.597. The molecule has 2 aliphatic rings. The van der Waals surface area contributed by atoms with Crippen LogP contribution in [0.25, 0.3) is 17.1 Å². The smallest absolute Gasteiger partial charge is 0.254 e. The van der Waals surface area contributed by atoms with Gasteiger partial charge in [-0.15, -0.1) is 5.10 Å². The van der Waals surface area contributed by atoms with Gasteiger partial charge in [0.2, 0.25) is 5.88 Å². The number of anilines is 3. The lowest BCUT2D eigenvalue weighted by atomic mass is 10.1. The second-order valence-corrected chi connectivity index (χ2v) is 7.75. The van der Waals surface area contributed by atoms with Crippen LogP contribution in [0.2, 0.25) is 0 Å². The van der Waals surface area contributed by atoms with Crippen molar-refractivity contribution < 1.29 is 14.6 Å². The van der Waals surface area contributed by atoms with Crippen molar-refractivity contribution >= 4 is 17.3 Å². The van der Waals surface area contributed by atoms with E-state index in [0.29, 0.717) is 31.6 Å². The van der Waals surface area contributed by atoms with Crippen LogP contribution in [0.15, 0.2) is 36.5 Å². The zero-order chi connectivity index (χ0) is 22.1. The van der Waals surface area contributed by atoms with Gasteiger partial charge in [-0.3, -0.25) is 0 Å². The zero-order valence-corrected chi connectivity index (χ0v) is 18.2. The number of rotatable bonds is 6. The molecule has 2 aliphatic heterocycles. The number of β-amino-alcohol motifs (C(OH)–C–C–N with tert-alkyl or cyclic N) is 1. The maximum absolute atomic E-state index is 9.60. The predicted octanol–water partition coefficient (Wildman–Crippen LogP) is 1.74. The molecule has 1 fully saturated rings. The molecule has 0 saturated carbocycles. The number of nitrogens with zero attached hydrogens (tertiary/aromatic N) is 6. The highest BCUT2D eigenvalue weighted by Gasteiger charge is 2.33. The highest BCUT2D eigenvalue weighted by atomic mass is 16.5. The molecule has 0 spiro atoms. The summed E-state index contributed by atoms with van der Waals surface area (Å²) in [7, 11) is 1.61. The number of morpholine rings is 1. The molecule has 1 aromatic carbocycles. The molecule has 2 aromatic heterocycles. The van der Waals surface area contributed by atoms with E-state index in [4.69, 9.17) is 19.4 Å². The summed E-state index contributed by atoms with van der Waals surface area (Å²) in [5.74, 6) is 2.53. The van der Waals surface area contributed by atoms with Gasteiger partial charge in [-0.2, -0.15) is 9.97 Å². The van der Waals surface area contributed by atoms with Crippen molar-refractivity contribution in [2.75, 3.05) is 61.7 Å². The van der Waals surface area contributed by atoms with E-state index in [0.717, 1.165) is 41.5 Å². The average Bonchev–Trinajstić information content (AvgIpc) is 3.41. The lowest BCUT2D eigenvalue weighted by Gasteiger charge is -2.29. The Balaban J connectivity index is 1.63. The Morgan fingerprint density at radius 2 is 1.91 bits per heavy atom. The number of aliphatic hydroxyl groups excluding tert-OH is 1. The van der Waals surface area contributed by atoms with Crippen LogP contribution < -0.4 is 19.9 Å². The highest BCUT2D eigenvalue weighted by Crippen LogP contribution is 2.40. The van der Waals surface area contributed by atoms with Crippen LogP contribution >= 0.6 is 0 Å². The Morgan fingerprint density at radius 1 is 1.16 bits per heavy atom. The first-order chi connectivity index (χ1) is 15.7. The standard InChI is InChI=1S/C22H27N7O3/c1-15-23-18-19(27-9-12-32-13-10-27)24-22(25-20(18)28(15)8-11-30)29-14-17(21(26-29)31-2)16-6-4-3-5-7-16/h3-7,14-15,23,30H,8-13H2,1-2H3. The molecule has 0 aliphatic carbocycles. The molecular weight excluding hydrogens is 410 g/mol. The number of nitrogens with one attached hydrogen (secondary N) is 1. The normalized spacial score (nSPS) is 17.9. The number of hydrogen-bond acceptors (Lipinski definition) is 9. The van der Waals surface area contributed by atoms with Gasteiger partial charge in [0.05, 0.1) is 38.7 Å². The fourth-order valence-corrected chi connectivity index (χ4v) is 4.17. The third-order valence-electron chi connectivity index (χ3n) is 5.77. The summed E-state index contributed by atoms with van der Waals surface area (Å²) < 4.78 is 12.7. The average molecular weight is 438 g/mol. The molecule has 0 amide bonds. The summed E-state index contributed by atoms with van der Waals surface area (Å²) in [6, 6.07) is 9.97. The summed E-state index contributed by atoms with van der Waals surface area (Å²) in [6.07, 6.45) is 1.88. The molecule has 10 heteroatoms. The van der Waals surface area contributed by atoms with Crippen molar-refractivity contribution in [3.63, 3.8) is 0 Å². The van der Waals surface area contributed by atoms with Crippen LogP contribution in [-0.2, 0) is 4.74 Å². The summed E-state index contributed by atoms with van der Waals surface area (Å²) >= 11 is 0. The van der Waals surface area contributed by atoms with Gasteiger partial charge >= 0.3 is 0 Å². The van der Waals surface area contributed by atoms with Crippen LogP contribution in [0.4, 0.5) is 17.3 Å². The lowest BCUT2D eigenvalue weighted by molar-refractivity contribution is 0.122. The van der Waals surface area contributed by atoms with Crippen molar-refractivity contribution in [3.8, 4) is 23.0 Å². The van der Waals surface area contributed by atoms with Crippen LogP contribution in [0.3, 0.4) is 0 Å². The Morgan fingerprint density at radius 3 is 2.62 bits per heavy atom. The van der Waals surface area contributed by atoms with E-state index in [1.165, 1.54) is 0 Å². The molecular formula is C22H27N7O3. The maximum Gasteiger partial charge on any atom is 0.254 e. The first-order valence-electron chi connectivity index (χ1n) is 10.8. The van der Waals surface area contributed by atoms with E-state index in [9.17, 15) is 5.11 Å². The molecule has 10 nitrogen and oxygen atoms in total. The van der Waals surface area contributed by atoms with Crippen LogP contribution in [0.5, 0.6) is 5.88 Å². The number of hydrogen-bond donors (Lipinski definition) is 2. The van der Waals surface area contributed by atoms with Crippen LogP contribution in [-0.4, -0.2) is 77.6 Å². The summed E-state index contributed by atoms with van der Waals surface area (Å²) in [5, 5.41) is 17.7. The van der Waals surface area contributed by atoms with E-state index in [2.05, 4.69) is 15.3 Å². The van der Waals surface area contributed by atoms with Gasteiger partial charge < -0.3 is 29.7 Å². The number of benzene rings is 1. The van der Waals surface area contributed by atoms with Crippen molar-refractivity contribution in [2.24, 2.45) is 0 Å². The van der Waals surface area contributed by atoms with E-state index < -0.39 is 0 Å². The van der Waals surface area contributed by atoms with Crippen molar-refractivity contribution in [2.45, 2.75) is 13.1 Å². The molecule has 0 bridgehead atoms. The summed E-state index contributed by atoms with van der Waals surface area (Å²) in [6.45, 7) is 5.34. The molecule has 3 aromatic rings. The van der Waals surface area contributed by atoms with E-state index >= 15 is 0 Å². The minimum absolute atomic E-state index is 0.00599. The monoisotopic (exact) mass is 437 g/mol. The van der Waals surface area contributed by atoms with Gasteiger partial charge in [0.25, 0.3) is 5.95 Å². The molecule has 4 heterocycles. The van der Waals surface area contributed by atoms with Crippen LogP contribution in [0, 0.1) is 0 Å². The van der Waals surface area contributed by atoms with Crippen molar-refractivity contribution in [1.29, 1.82) is 0 Å². The highest BCUT2D eigenvalue weighted by molar-refractivity contribution is 5.83. The largest absolute Gasteiger partial charge is 0.479 e. The topological polar surface area (TPSA) is 101 Å². The van der Waals surface area contributed by atoms with Gasteiger partial charge in [-0.05, 0) is 12.5 Å². The summed E-state index contributed by atoms with van der Waals surface area (Å²) in [4.78, 5) is 14.0. The number of methoxy groups -OCH3 is 1. The lowest BCUT2D eigenvalue weighted by Crippen LogP contribution is -2.37. The number of fused-ring (bicyclic) bond motifs is 1. The minimum atomic E-state index is -0.00599. The molecule has 1 saturated heterocycles. The Hall–Kier alpha value is -3.37. The third kappa shape index (κ3) is 3.61. The third-order valence-corrected chi connectivity index (χ3v) is 5.77. The van der Waals surface area contributed by atoms with E-state index in [1.54, 1.807) is 11.8 Å². The van der Waals surface area contributed by atoms with Gasteiger partial charge in [-0.1, -0.05) is 30.3 Å². The molecule has 2 N–H and O–H groups in total. The Labute approximate surface area is 186 Å². The minimum Gasteiger partial charge on any atom is -0.479 e. The molecule has 0 radical (unpaired) electrons. The van der Waals surface area contributed by atoms with Crippen molar-refractivity contribution in [3.05, 3.63) is 36.5 Å². The number of aliphatic hydroxyl groups is 1. The van der Waals surface area contributed by atoms with Gasteiger partial charge in [-0.25, -0.2) is 4.68 Å². The van der Waals surface area contributed by atoms with Gasteiger partial charge in [0, 0.05) is 25.8 Å². The van der Waals surface area contributed by atoms with Crippen molar-refractivity contribution in [1.82, 2.24) is 19.7 Å². The van der Waals surface area contributed by atoms with Crippen LogP contribution in [0.1, 0.15) is 6.92 Å². The fraction of sp³-hybridized carbons (Fsp3) is 0.409. The number of ether oxygens (including phenoxy) is 2. The predicted molar refractivity (Wildman–Crippen MR) is 122 cm³/mol. The number of aromatic nitrogens is 4. The van der Waals surface area contributed by atoms with E-state index in [-0.39, 0.29) is 12.8 Å². The summed E-state index contributed by atoms with van der Waals surface area (Å²) in [5.41, 5.74) is 2.74. The molecule has 168 valence electrons. The Kier molecular flexibility index (Phi) is 5.54. The van der Waals surface area contributed by atoms with Gasteiger partial charge in [0.15, 0.2) is 11.6 Å². The fourth-order valence-electron chi connectivity index (χ4n) is 4.17. The second-order valence-electron chi connectivity index (χ2n) is 7.75.